The largest absolute Gasteiger partial charge is 0.322 e. The van der Waals surface area contributed by atoms with Gasteiger partial charge in [-0.25, -0.2) is 0 Å². The van der Waals surface area contributed by atoms with Gasteiger partial charge in [-0.1, -0.05) is 11.6 Å². The average molecular weight is 111 g/mol. The summed E-state index contributed by atoms with van der Waals surface area (Å²) in [6.45, 7) is 4.15. The van der Waals surface area contributed by atoms with Gasteiger partial charge in [-0.05, 0) is 26.7 Å². The first-order chi connectivity index (χ1) is 3.69. The highest BCUT2D eigenvalue weighted by atomic mass is 14.8. The predicted octanol–water partition coefficient (Wildman–Crippen LogP) is 1.44. The first kappa shape index (κ1) is 5.83. The maximum Gasteiger partial charge on any atom is 0.0367 e. The van der Waals surface area contributed by atoms with Crippen molar-refractivity contribution in [3.63, 3.8) is 0 Å². The molecule has 8 heavy (non-hydrogen) atoms. The number of nitrogens with two attached hydrogens (primary N) is 1. The SMILES string of the molecule is CC=C(C)C1(N)CC1. The van der Waals surface area contributed by atoms with E-state index in [0.717, 1.165) is 0 Å². The molecule has 0 radical (unpaired) electrons. The molecule has 1 saturated carbocycles. The van der Waals surface area contributed by atoms with E-state index in [-0.39, 0.29) is 5.54 Å². The Balaban J connectivity index is 2.59. The molecule has 0 amide bonds. The molecule has 0 aliphatic heterocycles. The van der Waals surface area contributed by atoms with E-state index in [1.807, 2.05) is 6.92 Å². The predicted molar refractivity (Wildman–Crippen MR) is 35.6 cm³/mol. The molecule has 2 N–H and O–H groups in total. The zero-order valence-corrected chi connectivity index (χ0v) is 5.57. The summed E-state index contributed by atoms with van der Waals surface area (Å²) >= 11 is 0. The summed E-state index contributed by atoms with van der Waals surface area (Å²) in [5, 5.41) is 0. The highest BCUT2D eigenvalue weighted by Gasteiger charge is 2.39. The molecule has 0 unspecified atom stereocenters. The maximum absolute atomic E-state index is 5.83. The molecule has 0 heterocycles. The normalized spacial score (nSPS) is 25.6. The maximum atomic E-state index is 5.83. The minimum atomic E-state index is 0.120. The van der Waals surface area contributed by atoms with Crippen molar-refractivity contribution in [3.05, 3.63) is 11.6 Å². The first-order valence-corrected chi connectivity index (χ1v) is 3.11. The monoisotopic (exact) mass is 111 g/mol. The Morgan fingerprint density at radius 3 is 2.25 bits per heavy atom. The van der Waals surface area contributed by atoms with Gasteiger partial charge in [0.15, 0.2) is 0 Å². The molecular formula is C7H13N. The molecule has 0 saturated heterocycles. The van der Waals surface area contributed by atoms with Gasteiger partial charge in [0, 0.05) is 5.54 Å². The second-order valence-electron chi connectivity index (χ2n) is 2.63. The Labute approximate surface area is 50.6 Å². The van der Waals surface area contributed by atoms with E-state index in [2.05, 4.69) is 13.0 Å². The molecule has 0 spiro atoms. The van der Waals surface area contributed by atoms with Crippen molar-refractivity contribution >= 4 is 0 Å². The lowest BCUT2D eigenvalue weighted by atomic mass is 10.1. The molecule has 0 aromatic heterocycles. The molecule has 1 fully saturated rings. The third-order valence-corrected chi connectivity index (χ3v) is 2.01. The van der Waals surface area contributed by atoms with E-state index >= 15 is 0 Å². The van der Waals surface area contributed by atoms with E-state index < -0.39 is 0 Å². The lowest BCUT2D eigenvalue weighted by molar-refractivity contribution is 0.791. The van der Waals surface area contributed by atoms with Gasteiger partial charge in [0.05, 0.1) is 0 Å². The van der Waals surface area contributed by atoms with Crippen molar-refractivity contribution in [3.8, 4) is 0 Å². The van der Waals surface area contributed by atoms with Gasteiger partial charge in [-0.15, -0.1) is 0 Å². The Morgan fingerprint density at radius 2 is 2.12 bits per heavy atom. The van der Waals surface area contributed by atoms with E-state index in [4.69, 9.17) is 5.73 Å². The minimum Gasteiger partial charge on any atom is -0.322 e. The number of hydrogen-bond donors (Lipinski definition) is 1. The summed E-state index contributed by atoms with van der Waals surface area (Å²) in [6, 6.07) is 0. The summed E-state index contributed by atoms with van der Waals surface area (Å²) in [7, 11) is 0. The van der Waals surface area contributed by atoms with Crippen LogP contribution in [0.2, 0.25) is 0 Å². The van der Waals surface area contributed by atoms with Gasteiger partial charge in [0.25, 0.3) is 0 Å². The van der Waals surface area contributed by atoms with Crippen LogP contribution in [0.25, 0.3) is 0 Å². The van der Waals surface area contributed by atoms with Crippen LogP contribution < -0.4 is 5.73 Å². The van der Waals surface area contributed by atoms with Gasteiger partial charge in [-0.3, -0.25) is 0 Å². The van der Waals surface area contributed by atoms with E-state index in [0.29, 0.717) is 0 Å². The fraction of sp³-hybridized carbons (Fsp3) is 0.714. The lowest BCUT2D eigenvalue weighted by Gasteiger charge is -2.06. The second kappa shape index (κ2) is 1.59. The molecule has 1 heteroatoms. The van der Waals surface area contributed by atoms with Crippen LogP contribution in [0.15, 0.2) is 11.6 Å². The van der Waals surface area contributed by atoms with E-state index in [1.165, 1.54) is 18.4 Å². The molecule has 1 aliphatic rings. The molecule has 0 bridgehead atoms. The summed E-state index contributed by atoms with van der Waals surface area (Å²) in [6.07, 6.45) is 4.47. The van der Waals surface area contributed by atoms with Crippen LogP contribution in [0.1, 0.15) is 26.7 Å². The van der Waals surface area contributed by atoms with Crippen LogP contribution in [-0.2, 0) is 0 Å². The zero-order chi connectivity index (χ0) is 6.20. The van der Waals surface area contributed by atoms with Gasteiger partial charge in [-0.2, -0.15) is 0 Å². The van der Waals surface area contributed by atoms with E-state index in [9.17, 15) is 0 Å². The van der Waals surface area contributed by atoms with Gasteiger partial charge >= 0.3 is 0 Å². The Bertz CT molecular complexity index is 120. The Hall–Kier alpha value is -0.300. The van der Waals surface area contributed by atoms with Crippen molar-refractivity contribution in [2.75, 3.05) is 0 Å². The zero-order valence-electron chi connectivity index (χ0n) is 5.57. The molecule has 0 aromatic rings. The fourth-order valence-electron chi connectivity index (χ4n) is 0.816. The van der Waals surface area contributed by atoms with Crippen LogP contribution in [0.3, 0.4) is 0 Å². The van der Waals surface area contributed by atoms with Crippen LogP contribution in [0, 0.1) is 0 Å². The molecule has 1 rings (SSSR count). The third-order valence-electron chi connectivity index (χ3n) is 2.01. The smallest absolute Gasteiger partial charge is 0.0367 e. The summed E-state index contributed by atoms with van der Waals surface area (Å²) in [5.41, 5.74) is 7.30. The molecular weight excluding hydrogens is 98.1 g/mol. The Morgan fingerprint density at radius 1 is 1.62 bits per heavy atom. The van der Waals surface area contributed by atoms with Crippen LogP contribution >= 0.6 is 0 Å². The molecule has 0 atom stereocenters. The quantitative estimate of drug-likeness (QED) is 0.509. The standard InChI is InChI=1S/C7H13N/c1-3-6(2)7(8)4-5-7/h3H,4-5,8H2,1-2H3. The summed E-state index contributed by atoms with van der Waals surface area (Å²) in [4.78, 5) is 0. The van der Waals surface area contributed by atoms with Crippen LogP contribution in [-0.4, -0.2) is 5.54 Å². The van der Waals surface area contributed by atoms with Gasteiger partial charge < -0.3 is 5.73 Å². The van der Waals surface area contributed by atoms with Gasteiger partial charge in [0.2, 0.25) is 0 Å². The molecule has 46 valence electrons. The van der Waals surface area contributed by atoms with E-state index in [1.54, 1.807) is 0 Å². The van der Waals surface area contributed by atoms with Crippen molar-refractivity contribution in [2.24, 2.45) is 5.73 Å². The van der Waals surface area contributed by atoms with Crippen molar-refractivity contribution in [1.82, 2.24) is 0 Å². The summed E-state index contributed by atoms with van der Waals surface area (Å²) in [5.74, 6) is 0. The van der Waals surface area contributed by atoms with Crippen molar-refractivity contribution in [2.45, 2.75) is 32.2 Å². The average Bonchev–Trinajstić information content (AvgIpc) is 2.47. The lowest BCUT2D eigenvalue weighted by Crippen LogP contribution is -2.22. The molecule has 1 aliphatic carbocycles. The van der Waals surface area contributed by atoms with Crippen LogP contribution in [0.5, 0.6) is 0 Å². The van der Waals surface area contributed by atoms with Gasteiger partial charge in [0.1, 0.15) is 0 Å². The summed E-state index contributed by atoms with van der Waals surface area (Å²) < 4.78 is 0. The van der Waals surface area contributed by atoms with Crippen molar-refractivity contribution < 1.29 is 0 Å². The highest BCUT2D eigenvalue weighted by molar-refractivity contribution is 5.24. The van der Waals surface area contributed by atoms with Crippen LogP contribution in [0.4, 0.5) is 0 Å². The highest BCUT2D eigenvalue weighted by Crippen LogP contribution is 2.38. The minimum absolute atomic E-state index is 0.120. The number of allylic oxidation sites excluding steroid dienone is 1. The fourth-order valence-corrected chi connectivity index (χ4v) is 0.816. The molecule has 0 aromatic carbocycles. The third kappa shape index (κ3) is 0.781. The first-order valence-electron chi connectivity index (χ1n) is 3.11. The topological polar surface area (TPSA) is 26.0 Å². The molecule has 1 nitrogen and oxygen atoms in total. The van der Waals surface area contributed by atoms with Crippen molar-refractivity contribution in [1.29, 1.82) is 0 Å². The Kier molecular flexibility index (Phi) is 1.16. The number of rotatable bonds is 1. The number of hydrogen-bond acceptors (Lipinski definition) is 1. The second-order valence-corrected chi connectivity index (χ2v) is 2.63.